The maximum Gasteiger partial charge on any atom is 0.206 e. The Labute approximate surface area is 103 Å². The molecule has 1 saturated heterocycles. The molecule has 0 radical (unpaired) electrons. The fourth-order valence-corrected chi connectivity index (χ4v) is 2.98. The number of piperidine rings is 1. The normalized spacial score (nSPS) is 34.4. The molecule has 94 valence electrons. The summed E-state index contributed by atoms with van der Waals surface area (Å²) in [5, 5.41) is 7.74. The second kappa shape index (κ2) is 4.78. The van der Waals surface area contributed by atoms with Crippen molar-refractivity contribution < 1.29 is 4.84 Å². The summed E-state index contributed by atoms with van der Waals surface area (Å²) in [5.74, 6) is 0. The second-order valence-corrected chi connectivity index (χ2v) is 5.21. The number of allylic oxidation sites excluding steroid dienone is 1. The van der Waals surface area contributed by atoms with Gasteiger partial charge in [0.1, 0.15) is 5.71 Å². The summed E-state index contributed by atoms with van der Waals surface area (Å²) < 4.78 is 0. The Morgan fingerprint density at radius 1 is 1.41 bits per heavy atom. The Kier molecular flexibility index (Phi) is 3.16. The van der Waals surface area contributed by atoms with Crippen molar-refractivity contribution in [2.75, 3.05) is 20.1 Å². The minimum Gasteiger partial charge on any atom is -0.371 e. The lowest BCUT2D eigenvalue weighted by Gasteiger charge is -2.32. The predicted molar refractivity (Wildman–Crippen MR) is 67.9 cm³/mol. The van der Waals surface area contributed by atoms with Gasteiger partial charge in [0.2, 0.25) is 6.23 Å². The third-order valence-corrected chi connectivity index (χ3v) is 4.00. The minimum atomic E-state index is 0.0165. The van der Waals surface area contributed by atoms with Crippen molar-refractivity contribution in [3.8, 4) is 0 Å². The lowest BCUT2D eigenvalue weighted by Crippen LogP contribution is -2.43. The van der Waals surface area contributed by atoms with Crippen LogP contribution in [-0.4, -0.2) is 43.0 Å². The highest BCUT2D eigenvalue weighted by Gasteiger charge is 2.35. The zero-order chi connectivity index (χ0) is 11.7. The first-order valence-electron chi connectivity index (χ1n) is 6.74. The Balaban J connectivity index is 1.80. The van der Waals surface area contributed by atoms with Crippen LogP contribution in [0.4, 0.5) is 0 Å². The summed E-state index contributed by atoms with van der Waals surface area (Å²) in [6.07, 6.45) is 8.49. The van der Waals surface area contributed by atoms with Gasteiger partial charge in [-0.2, -0.15) is 0 Å². The van der Waals surface area contributed by atoms with Crippen LogP contribution in [0.25, 0.3) is 0 Å². The van der Waals surface area contributed by atoms with Gasteiger partial charge in [0.05, 0.1) is 6.04 Å². The van der Waals surface area contributed by atoms with Crippen LogP contribution in [0.15, 0.2) is 16.8 Å². The van der Waals surface area contributed by atoms with E-state index in [1.807, 2.05) is 0 Å². The van der Waals surface area contributed by atoms with E-state index in [-0.39, 0.29) is 6.23 Å². The number of rotatable bonds is 1. The van der Waals surface area contributed by atoms with Gasteiger partial charge < -0.3 is 4.84 Å². The van der Waals surface area contributed by atoms with Crippen LogP contribution in [0.2, 0.25) is 0 Å². The molecule has 0 aromatic carbocycles. The Bertz CT molecular complexity index is 351. The molecule has 0 aromatic rings. The molecule has 3 rings (SSSR count). The fraction of sp³-hybridized carbons (Fsp3) is 0.769. The quantitative estimate of drug-likeness (QED) is 0.748. The zero-order valence-corrected chi connectivity index (χ0v) is 10.5. The summed E-state index contributed by atoms with van der Waals surface area (Å²) in [6, 6.07) is 0.458. The Hall–Kier alpha value is -0.870. The van der Waals surface area contributed by atoms with Crippen LogP contribution in [-0.2, 0) is 4.84 Å². The van der Waals surface area contributed by atoms with Crippen LogP contribution >= 0.6 is 0 Å². The molecular formula is C13H21N3O. The molecular weight excluding hydrogens is 214 g/mol. The van der Waals surface area contributed by atoms with E-state index >= 15 is 0 Å². The van der Waals surface area contributed by atoms with Crippen molar-refractivity contribution in [2.45, 2.75) is 44.4 Å². The maximum atomic E-state index is 5.53. The molecule has 17 heavy (non-hydrogen) atoms. The van der Waals surface area contributed by atoms with Gasteiger partial charge in [-0.05, 0) is 45.8 Å². The van der Waals surface area contributed by atoms with E-state index in [9.17, 15) is 0 Å². The van der Waals surface area contributed by atoms with Crippen LogP contribution in [0.3, 0.4) is 0 Å². The van der Waals surface area contributed by atoms with Crippen LogP contribution in [0, 0.1) is 0 Å². The zero-order valence-electron chi connectivity index (χ0n) is 10.5. The van der Waals surface area contributed by atoms with Crippen molar-refractivity contribution in [3.05, 3.63) is 11.6 Å². The molecule has 0 saturated carbocycles. The molecule has 0 aliphatic carbocycles. The van der Waals surface area contributed by atoms with Crippen molar-refractivity contribution >= 4 is 5.71 Å². The number of nitrogens with zero attached hydrogens (tertiary/aromatic N) is 2. The van der Waals surface area contributed by atoms with Gasteiger partial charge in [-0.3, -0.25) is 10.2 Å². The van der Waals surface area contributed by atoms with Crippen molar-refractivity contribution in [1.82, 2.24) is 10.2 Å². The molecule has 2 atom stereocenters. The van der Waals surface area contributed by atoms with Gasteiger partial charge >= 0.3 is 0 Å². The highest BCUT2D eigenvalue weighted by molar-refractivity contribution is 6.05. The molecule has 0 bridgehead atoms. The van der Waals surface area contributed by atoms with E-state index in [4.69, 9.17) is 4.84 Å². The fourth-order valence-electron chi connectivity index (χ4n) is 2.98. The van der Waals surface area contributed by atoms with Gasteiger partial charge in [-0.15, -0.1) is 0 Å². The third kappa shape index (κ3) is 2.11. The van der Waals surface area contributed by atoms with E-state index in [0.717, 1.165) is 13.0 Å². The van der Waals surface area contributed by atoms with Gasteiger partial charge in [-0.1, -0.05) is 17.7 Å². The van der Waals surface area contributed by atoms with Gasteiger partial charge in [0.15, 0.2) is 0 Å². The monoisotopic (exact) mass is 235 g/mol. The number of hydrogen-bond acceptors (Lipinski definition) is 4. The van der Waals surface area contributed by atoms with Gasteiger partial charge in [0.25, 0.3) is 0 Å². The first-order valence-corrected chi connectivity index (χ1v) is 6.74. The molecule has 0 amide bonds. The first-order chi connectivity index (χ1) is 8.36. The molecule has 1 fully saturated rings. The van der Waals surface area contributed by atoms with E-state index < -0.39 is 0 Å². The molecule has 1 N–H and O–H groups in total. The van der Waals surface area contributed by atoms with E-state index in [1.165, 1.54) is 43.5 Å². The molecule has 3 aliphatic rings. The molecule has 4 heteroatoms. The Morgan fingerprint density at radius 2 is 2.35 bits per heavy atom. The molecule has 4 nitrogen and oxygen atoms in total. The summed E-state index contributed by atoms with van der Waals surface area (Å²) in [4.78, 5) is 7.95. The van der Waals surface area contributed by atoms with E-state index in [0.29, 0.717) is 6.04 Å². The highest BCUT2D eigenvalue weighted by atomic mass is 16.7. The predicted octanol–water partition coefficient (Wildman–Crippen LogP) is 1.49. The summed E-state index contributed by atoms with van der Waals surface area (Å²) >= 11 is 0. The number of fused-ring (bicyclic) bond motifs is 1. The first kappa shape index (κ1) is 11.2. The van der Waals surface area contributed by atoms with Crippen LogP contribution in [0.1, 0.15) is 32.1 Å². The summed E-state index contributed by atoms with van der Waals surface area (Å²) in [6.45, 7) is 2.20. The minimum absolute atomic E-state index is 0.0165. The molecule has 3 aliphatic heterocycles. The van der Waals surface area contributed by atoms with Crippen molar-refractivity contribution in [3.63, 3.8) is 0 Å². The largest absolute Gasteiger partial charge is 0.371 e. The Morgan fingerprint density at radius 3 is 3.24 bits per heavy atom. The SMILES string of the molecule is CN1CCCCC1C1=NOC2NCCCC=C12. The number of nitrogens with one attached hydrogen (secondary N) is 1. The van der Waals surface area contributed by atoms with Crippen molar-refractivity contribution in [1.29, 1.82) is 0 Å². The van der Waals surface area contributed by atoms with Crippen LogP contribution < -0.4 is 5.32 Å². The second-order valence-electron chi connectivity index (χ2n) is 5.21. The lowest BCUT2D eigenvalue weighted by atomic mass is 9.93. The molecule has 0 spiro atoms. The summed E-state index contributed by atoms with van der Waals surface area (Å²) in [5.41, 5.74) is 2.47. The smallest absolute Gasteiger partial charge is 0.206 e. The molecule has 3 heterocycles. The average molecular weight is 235 g/mol. The maximum absolute atomic E-state index is 5.53. The number of hydrogen-bond donors (Lipinski definition) is 1. The van der Waals surface area contributed by atoms with E-state index in [2.05, 4.69) is 28.5 Å². The van der Waals surface area contributed by atoms with Gasteiger partial charge in [0, 0.05) is 5.57 Å². The third-order valence-electron chi connectivity index (χ3n) is 4.00. The van der Waals surface area contributed by atoms with Crippen LogP contribution in [0.5, 0.6) is 0 Å². The lowest BCUT2D eigenvalue weighted by molar-refractivity contribution is 0.0803. The standard InChI is InChI=1S/C13H21N3O/c1-16-9-5-3-7-11(16)12-10-6-2-4-8-14-13(10)17-15-12/h6,11,13-14H,2-5,7-9H2,1H3. The number of likely N-dealkylation sites (tertiary alicyclic amines) is 1. The van der Waals surface area contributed by atoms with E-state index in [1.54, 1.807) is 0 Å². The summed E-state index contributed by atoms with van der Waals surface area (Å²) in [7, 11) is 2.20. The highest BCUT2D eigenvalue weighted by Crippen LogP contribution is 2.27. The van der Waals surface area contributed by atoms with Gasteiger partial charge in [-0.25, -0.2) is 0 Å². The number of oxime groups is 1. The van der Waals surface area contributed by atoms with Crippen molar-refractivity contribution in [2.24, 2.45) is 5.16 Å². The molecule has 2 unspecified atom stereocenters. The topological polar surface area (TPSA) is 36.9 Å². The average Bonchev–Trinajstić information content (AvgIpc) is 2.59. The molecule has 0 aromatic heterocycles.